The predicted molar refractivity (Wildman–Crippen MR) is 68.2 cm³/mol. The van der Waals surface area contributed by atoms with E-state index in [1.165, 1.54) is 12.1 Å². The number of rotatable bonds is 4. The van der Waals surface area contributed by atoms with E-state index >= 15 is 0 Å². The Morgan fingerprint density at radius 3 is 2.25 bits per heavy atom. The summed E-state index contributed by atoms with van der Waals surface area (Å²) in [6.07, 6.45) is -1.38. The summed E-state index contributed by atoms with van der Waals surface area (Å²) in [6, 6.07) is 6.23. The number of aliphatic hydroxyl groups is 1. The van der Waals surface area contributed by atoms with E-state index in [2.05, 4.69) is 10.1 Å². The van der Waals surface area contributed by atoms with Crippen LogP contribution in [0, 0.1) is 0 Å². The summed E-state index contributed by atoms with van der Waals surface area (Å²) in [6.45, 7) is 0.604. The molecule has 2 rings (SSSR count). The Labute approximate surface area is 115 Å². The van der Waals surface area contributed by atoms with Crippen LogP contribution < -0.4 is 10.1 Å². The van der Waals surface area contributed by atoms with Gasteiger partial charge in [-0.15, -0.1) is 13.2 Å². The van der Waals surface area contributed by atoms with Crippen LogP contribution in [0.2, 0.25) is 0 Å². The van der Waals surface area contributed by atoms with E-state index in [-0.39, 0.29) is 11.9 Å². The Morgan fingerprint density at radius 2 is 1.70 bits per heavy atom. The molecule has 1 aromatic rings. The first-order chi connectivity index (χ1) is 9.42. The van der Waals surface area contributed by atoms with Gasteiger partial charge in [0.2, 0.25) is 0 Å². The van der Waals surface area contributed by atoms with Crippen molar-refractivity contribution in [2.45, 2.75) is 50.7 Å². The number of alkyl halides is 3. The molecule has 0 unspecified atom stereocenters. The number of ether oxygens (including phenoxy) is 1. The maximum absolute atomic E-state index is 12.0. The molecular weight excluding hydrogens is 271 g/mol. The molecule has 0 aliphatic heterocycles. The van der Waals surface area contributed by atoms with Crippen molar-refractivity contribution >= 4 is 0 Å². The quantitative estimate of drug-likeness (QED) is 0.895. The van der Waals surface area contributed by atoms with E-state index in [0.29, 0.717) is 12.6 Å². The van der Waals surface area contributed by atoms with Gasteiger partial charge in [0.15, 0.2) is 0 Å². The fourth-order valence-electron chi connectivity index (χ4n) is 2.35. The second-order valence-corrected chi connectivity index (χ2v) is 5.08. The first-order valence-corrected chi connectivity index (χ1v) is 6.68. The monoisotopic (exact) mass is 289 g/mol. The number of nitrogens with one attached hydrogen (secondary N) is 1. The summed E-state index contributed by atoms with van der Waals surface area (Å²) in [4.78, 5) is 0. The van der Waals surface area contributed by atoms with E-state index in [9.17, 15) is 18.3 Å². The molecule has 1 aromatic carbocycles. The zero-order valence-electron chi connectivity index (χ0n) is 11.0. The Balaban J connectivity index is 1.79. The van der Waals surface area contributed by atoms with Crippen molar-refractivity contribution in [3.8, 4) is 5.75 Å². The van der Waals surface area contributed by atoms with Crippen LogP contribution >= 0.6 is 0 Å². The van der Waals surface area contributed by atoms with Gasteiger partial charge in [-0.25, -0.2) is 0 Å². The van der Waals surface area contributed by atoms with E-state index in [4.69, 9.17) is 0 Å². The topological polar surface area (TPSA) is 41.5 Å². The molecule has 20 heavy (non-hydrogen) atoms. The Morgan fingerprint density at radius 1 is 1.10 bits per heavy atom. The summed E-state index contributed by atoms with van der Waals surface area (Å²) >= 11 is 0. The van der Waals surface area contributed by atoms with E-state index in [1.807, 2.05) is 0 Å². The first-order valence-electron chi connectivity index (χ1n) is 6.68. The summed E-state index contributed by atoms with van der Waals surface area (Å²) < 4.78 is 39.8. The van der Waals surface area contributed by atoms with Gasteiger partial charge in [0.1, 0.15) is 5.75 Å². The fraction of sp³-hybridized carbons (Fsp3) is 0.571. The van der Waals surface area contributed by atoms with Crippen LogP contribution in [0.5, 0.6) is 5.75 Å². The second-order valence-electron chi connectivity index (χ2n) is 5.08. The van der Waals surface area contributed by atoms with Gasteiger partial charge in [-0.05, 0) is 43.4 Å². The SMILES string of the molecule is OC1CCC(NCc2ccc(OC(F)(F)F)cc2)CC1. The highest BCUT2D eigenvalue weighted by molar-refractivity contribution is 5.27. The van der Waals surface area contributed by atoms with Gasteiger partial charge in [-0.1, -0.05) is 12.1 Å². The van der Waals surface area contributed by atoms with Crippen molar-refractivity contribution < 1.29 is 23.0 Å². The minimum Gasteiger partial charge on any atom is -0.406 e. The average Bonchev–Trinajstić information content (AvgIpc) is 2.38. The zero-order valence-corrected chi connectivity index (χ0v) is 11.0. The van der Waals surface area contributed by atoms with Crippen molar-refractivity contribution in [2.24, 2.45) is 0 Å². The summed E-state index contributed by atoms with van der Waals surface area (Å²) in [5.41, 5.74) is 0.908. The summed E-state index contributed by atoms with van der Waals surface area (Å²) in [7, 11) is 0. The molecule has 6 heteroatoms. The Kier molecular flexibility index (Phi) is 4.88. The molecule has 0 radical (unpaired) electrons. The normalized spacial score (nSPS) is 23.6. The number of hydrogen-bond donors (Lipinski definition) is 2. The molecule has 0 spiro atoms. The van der Waals surface area contributed by atoms with Crippen LogP contribution in [0.1, 0.15) is 31.2 Å². The zero-order chi connectivity index (χ0) is 14.6. The lowest BCUT2D eigenvalue weighted by molar-refractivity contribution is -0.274. The highest BCUT2D eigenvalue weighted by Crippen LogP contribution is 2.23. The lowest BCUT2D eigenvalue weighted by atomic mass is 9.93. The third-order valence-electron chi connectivity index (χ3n) is 3.45. The largest absolute Gasteiger partial charge is 0.573 e. The van der Waals surface area contributed by atoms with Crippen molar-refractivity contribution in [1.82, 2.24) is 5.32 Å². The molecule has 0 heterocycles. The lowest BCUT2D eigenvalue weighted by Crippen LogP contribution is -2.34. The molecule has 1 aliphatic rings. The van der Waals surface area contributed by atoms with Gasteiger partial charge >= 0.3 is 6.36 Å². The van der Waals surface area contributed by atoms with Crippen molar-refractivity contribution in [3.05, 3.63) is 29.8 Å². The molecule has 0 atom stereocenters. The molecule has 112 valence electrons. The van der Waals surface area contributed by atoms with E-state index in [1.54, 1.807) is 12.1 Å². The molecule has 0 amide bonds. The van der Waals surface area contributed by atoms with Gasteiger partial charge in [0, 0.05) is 12.6 Å². The van der Waals surface area contributed by atoms with Gasteiger partial charge in [0.25, 0.3) is 0 Å². The molecule has 3 nitrogen and oxygen atoms in total. The average molecular weight is 289 g/mol. The smallest absolute Gasteiger partial charge is 0.406 e. The standard InChI is InChI=1S/C14H18F3NO2/c15-14(16,17)20-13-7-1-10(2-8-13)9-18-11-3-5-12(19)6-4-11/h1-2,7-8,11-12,18-19H,3-6,9H2. The van der Waals surface area contributed by atoms with E-state index in [0.717, 1.165) is 31.2 Å². The minimum absolute atomic E-state index is 0.188. The fourth-order valence-corrected chi connectivity index (χ4v) is 2.35. The molecular formula is C14H18F3NO2. The van der Waals surface area contributed by atoms with E-state index < -0.39 is 6.36 Å². The van der Waals surface area contributed by atoms with Gasteiger partial charge in [-0.3, -0.25) is 0 Å². The molecule has 1 fully saturated rings. The highest BCUT2D eigenvalue weighted by atomic mass is 19.4. The number of aliphatic hydroxyl groups excluding tert-OH is 1. The van der Waals surface area contributed by atoms with Gasteiger partial charge in [-0.2, -0.15) is 0 Å². The number of halogens is 3. The molecule has 1 saturated carbocycles. The Hall–Kier alpha value is -1.27. The number of benzene rings is 1. The summed E-state index contributed by atoms with van der Waals surface area (Å²) in [5, 5.41) is 12.8. The van der Waals surface area contributed by atoms with Crippen LogP contribution in [-0.2, 0) is 6.54 Å². The Bertz CT molecular complexity index is 411. The maximum Gasteiger partial charge on any atom is 0.573 e. The van der Waals surface area contributed by atoms with Crippen molar-refractivity contribution in [1.29, 1.82) is 0 Å². The first kappa shape index (κ1) is 15.1. The molecule has 0 aromatic heterocycles. The van der Waals surface area contributed by atoms with Crippen LogP contribution in [0.3, 0.4) is 0 Å². The third kappa shape index (κ3) is 5.02. The summed E-state index contributed by atoms with van der Waals surface area (Å²) in [5.74, 6) is -0.206. The predicted octanol–water partition coefficient (Wildman–Crippen LogP) is 2.98. The van der Waals surface area contributed by atoms with Crippen LogP contribution in [-0.4, -0.2) is 23.6 Å². The molecule has 2 N–H and O–H groups in total. The molecule has 1 aliphatic carbocycles. The van der Waals surface area contributed by atoms with Crippen LogP contribution in [0.4, 0.5) is 13.2 Å². The van der Waals surface area contributed by atoms with Crippen LogP contribution in [0.15, 0.2) is 24.3 Å². The lowest BCUT2D eigenvalue weighted by Gasteiger charge is -2.26. The third-order valence-corrected chi connectivity index (χ3v) is 3.45. The number of hydrogen-bond acceptors (Lipinski definition) is 3. The van der Waals surface area contributed by atoms with Gasteiger partial charge < -0.3 is 15.2 Å². The molecule has 0 bridgehead atoms. The van der Waals surface area contributed by atoms with Crippen molar-refractivity contribution in [2.75, 3.05) is 0 Å². The van der Waals surface area contributed by atoms with Crippen molar-refractivity contribution in [3.63, 3.8) is 0 Å². The molecule has 0 saturated heterocycles. The second kappa shape index (κ2) is 6.45. The van der Waals surface area contributed by atoms with Crippen LogP contribution in [0.25, 0.3) is 0 Å². The minimum atomic E-state index is -4.65. The highest BCUT2D eigenvalue weighted by Gasteiger charge is 2.30. The van der Waals surface area contributed by atoms with Gasteiger partial charge in [0.05, 0.1) is 6.10 Å². The maximum atomic E-state index is 12.0.